The van der Waals surface area contributed by atoms with Crippen molar-refractivity contribution in [3.8, 4) is 0 Å². The lowest BCUT2D eigenvalue weighted by Crippen LogP contribution is -2.14. The number of hydrogen-bond acceptors (Lipinski definition) is 3. The largest absolute Gasteiger partial charge is 0.462 e. The highest BCUT2D eigenvalue weighted by atomic mass is 16.5. The summed E-state index contributed by atoms with van der Waals surface area (Å²) in [6.07, 6.45) is 23.3. The van der Waals surface area contributed by atoms with Crippen molar-refractivity contribution in [2.75, 3.05) is 6.61 Å². The summed E-state index contributed by atoms with van der Waals surface area (Å²) in [5.74, 6) is 0.0590. The number of unbranched alkanes of at least 4 members (excludes halogenated alkanes) is 12. The zero-order chi connectivity index (χ0) is 24.9. The second kappa shape index (κ2) is 20.2. The number of carbonyl (C=O) groups is 2. The molecule has 0 saturated carbocycles. The quantitative estimate of drug-likeness (QED) is 0.0479. The SMILES string of the molecule is CC(=O)C(=CC=Cc1ccccc1)C(=O)OCCCCCCCCCCCCCCCC(C)C. The van der Waals surface area contributed by atoms with Gasteiger partial charge in [-0.15, -0.1) is 0 Å². The third-order valence-electron chi connectivity index (χ3n) is 6.11. The van der Waals surface area contributed by atoms with Crippen LogP contribution in [0, 0.1) is 5.92 Å². The van der Waals surface area contributed by atoms with Crippen molar-refractivity contribution < 1.29 is 14.3 Å². The predicted molar refractivity (Wildman–Crippen MR) is 145 cm³/mol. The molecule has 0 aliphatic rings. The van der Waals surface area contributed by atoms with Crippen LogP contribution in [0.15, 0.2) is 48.1 Å². The first kappa shape index (κ1) is 29.9. The Hall–Kier alpha value is -2.16. The summed E-state index contributed by atoms with van der Waals surface area (Å²) in [7, 11) is 0. The molecule has 34 heavy (non-hydrogen) atoms. The number of ketones is 1. The van der Waals surface area contributed by atoms with Gasteiger partial charge >= 0.3 is 5.97 Å². The number of esters is 1. The third-order valence-corrected chi connectivity index (χ3v) is 6.11. The molecule has 0 heterocycles. The van der Waals surface area contributed by atoms with Crippen molar-refractivity contribution in [3.63, 3.8) is 0 Å². The Morgan fingerprint density at radius 3 is 1.76 bits per heavy atom. The van der Waals surface area contributed by atoms with Gasteiger partial charge in [0.05, 0.1) is 6.61 Å². The fraction of sp³-hybridized carbons (Fsp3) is 0.613. The highest BCUT2D eigenvalue weighted by molar-refractivity contribution is 6.16. The van der Waals surface area contributed by atoms with E-state index in [1.165, 1.54) is 84.0 Å². The number of hydrogen-bond donors (Lipinski definition) is 0. The smallest absolute Gasteiger partial charge is 0.341 e. The third kappa shape index (κ3) is 16.5. The highest BCUT2D eigenvalue weighted by Gasteiger charge is 2.14. The molecule has 0 atom stereocenters. The molecule has 0 aliphatic carbocycles. The molecule has 3 nitrogen and oxygen atoms in total. The van der Waals surface area contributed by atoms with Gasteiger partial charge in [0, 0.05) is 0 Å². The first-order valence-electron chi connectivity index (χ1n) is 13.6. The summed E-state index contributed by atoms with van der Waals surface area (Å²) in [5, 5.41) is 0. The summed E-state index contributed by atoms with van der Waals surface area (Å²) < 4.78 is 5.32. The van der Waals surface area contributed by atoms with Crippen molar-refractivity contribution in [1.82, 2.24) is 0 Å². The van der Waals surface area contributed by atoms with Crippen molar-refractivity contribution in [3.05, 3.63) is 53.6 Å². The van der Waals surface area contributed by atoms with Crippen LogP contribution in [0.1, 0.15) is 116 Å². The lowest BCUT2D eigenvalue weighted by atomic mass is 10.0. The molecular formula is C31H48O3. The summed E-state index contributed by atoms with van der Waals surface area (Å²) >= 11 is 0. The number of rotatable bonds is 20. The fourth-order valence-electron chi connectivity index (χ4n) is 3.99. The maximum absolute atomic E-state index is 12.2. The van der Waals surface area contributed by atoms with Gasteiger partial charge in [0.2, 0.25) is 0 Å². The van der Waals surface area contributed by atoms with E-state index in [4.69, 9.17) is 4.74 Å². The van der Waals surface area contributed by atoms with Gasteiger partial charge in [0.15, 0.2) is 5.78 Å². The molecule has 0 unspecified atom stereocenters. The van der Waals surface area contributed by atoms with Crippen molar-refractivity contribution >= 4 is 17.8 Å². The second-order valence-corrected chi connectivity index (χ2v) is 9.82. The number of carbonyl (C=O) groups excluding carboxylic acids is 2. The van der Waals surface area contributed by atoms with Gasteiger partial charge in [-0.1, -0.05) is 140 Å². The molecule has 1 aromatic rings. The molecule has 0 bridgehead atoms. The lowest BCUT2D eigenvalue weighted by molar-refractivity contribution is -0.140. The van der Waals surface area contributed by atoms with Gasteiger partial charge in [-0.2, -0.15) is 0 Å². The molecular weight excluding hydrogens is 420 g/mol. The van der Waals surface area contributed by atoms with Crippen LogP contribution in [0.25, 0.3) is 6.08 Å². The molecule has 0 aliphatic heterocycles. The van der Waals surface area contributed by atoms with E-state index in [2.05, 4.69) is 13.8 Å². The maximum atomic E-state index is 12.2. The van der Waals surface area contributed by atoms with Crippen LogP contribution in [0.5, 0.6) is 0 Å². The van der Waals surface area contributed by atoms with Crippen molar-refractivity contribution in [2.45, 2.75) is 111 Å². The predicted octanol–water partition coefficient (Wildman–Crippen LogP) is 8.88. The Kier molecular flexibility index (Phi) is 17.8. The summed E-state index contributed by atoms with van der Waals surface area (Å²) in [4.78, 5) is 24.0. The molecule has 0 aromatic heterocycles. The van der Waals surface area contributed by atoms with Crippen LogP contribution in [0.3, 0.4) is 0 Å². The minimum absolute atomic E-state index is 0.0998. The molecule has 0 N–H and O–H groups in total. The van der Waals surface area contributed by atoms with Crippen LogP contribution in [0.2, 0.25) is 0 Å². The van der Waals surface area contributed by atoms with Gasteiger partial charge < -0.3 is 4.74 Å². The molecule has 0 radical (unpaired) electrons. The van der Waals surface area contributed by atoms with E-state index >= 15 is 0 Å². The van der Waals surface area contributed by atoms with Crippen LogP contribution < -0.4 is 0 Å². The molecule has 0 saturated heterocycles. The first-order chi connectivity index (χ1) is 16.5. The van der Waals surface area contributed by atoms with Crippen LogP contribution in [-0.4, -0.2) is 18.4 Å². The molecule has 1 rings (SSSR count). The second-order valence-electron chi connectivity index (χ2n) is 9.82. The van der Waals surface area contributed by atoms with E-state index in [1.807, 2.05) is 36.4 Å². The van der Waals surface area contributed by atoms with Crippen molar-refractivity contribution in [1.29, 1.82) is 0 Å². The Labute approximate surface area is 209 Å². The standard InChI is InChI=1S/C31H48O3/c1-27(2)21-16-13-11-9-7-5-4-6-8-10-12-14-19-26-34-31(33)30(28(3)32)25-20-24-29-22-17-15-18-23-29/h15,17-18,20,22-25,27H,4-14,16,19,21,26H2,1-3H3. The fourth-order valence-corrected chi connectivity index (χ4v) is 3.99. The Balaban J connectivity index is 2.01. The highest BCUT2D eigenvalue weighted by Crippen LogP contribution is 2.14. The Bertz CT molecular complexity index is 715. The van der Waals surface area contributed by atoms with E-state index in [-0.39, 0.29) is 11.4 Å². The van der Waals surface area contributed by atoms with E-state index in [1.54, 1.807) is 12.2 Å². The topological polar surface area (TPSA) is 43.4 Å². The normalized spacial score (nSPS) is 11.9. The van der Waals surface area contributed by atoms with E-state index in [0.29, 0.717) is 6.61 Å². The number of Topliss-reactive ketones (excluding diaryl/α,β-unsaturated/α-hetero) is 1. The maximum Gasteiger partial charge on any atom is 0.341 e. The summed E-state index contributed by atoms with van der Waals surface area (Å²) in [6.45, 7) is 6.40. The van der Waals surface area contributed by atoms with Crippen LogP contribution in [0.4, 0.5) is 0 Å². The van der Waals surface area contributed by atoms with E-state index < -0.39 is 5.97 Å². The number of ether oxygens (including phenoxy) is 1. The lowest BCUT2D eigenvalue weighted by Gasteiger charge is -2.06. The first-order valence-corrected chi connectivity index (χ1v) is 13.6. The van der Waals surface area contributed by atoms with Gasteiger partial charge in [0.25, 0.3) is 0 Å². The molecule has 0 amide bonds. The molecule has 190 valence electrons. The molecule has 0 fully saturated rings. The zero-order valence-corrected chi connectivity index (χ0v) is 22.0. The molecule has 1 aromatic carbocycles. The number of allylic oxidation sites excluding steroid dienone is 2. The molecule has 0 spiro atoms. The van der Waals surface area contributed by atoms with Crippen molar-refractivity contribution in [2.24, 2.45) is 5.92 Å². The van der Waals surface area contributed by atoms with E-state index in [9.17, 15) is 9.59 Å². The Morgan fingerprint density at radius 2 is 1.26 bits per heavy atom. The minimum Gasteiger partial charge on any atom is -0.462 e. The number of benzene rings is 1. The zero-order valence-electron chi connectivity index (χ0n) is 22.0. The van der Waals surface area contributed by atoms with Gasteiger partial charge in [-0.25, -0.2) is 4.79 Å². The summed E-state index contributed by atoms with van der Waals surface area (Å²) in [6, 6.07) is 9.77. The summed E-state index contributed by atoms with van der Waals surface area (Å²) in [5.41, 5.74) is 1.12. The van der Waals surface area contributed by atoms with Crippen LogP contribution in [-0.2, 0) is 14.3 Å². The minimum atomic E-state index is -0.523. The van der Waals surface area contributed by atoms with Gasteiger partial charge in [0.1, 0.15) is 5.57 Å². The van der Waals surface area contributed by atoms with Gasteiger partial charge in [-0.05, 0) is 30.9 Å². The van der Waals surface area contributed by atoms with Gasteiger partial charge in [-0.3, -0.25) is 4.79 Å². The average molecular weight is 469 g/mol. The molecule has 3 heteroatoms. The monoisotopic (exact) mass is 468 g/mol. The van der Waals surface area contributed by atoms with E-state index in [0.717, 1.165) is 24.3 Å². The average Bonchev–Trinajstić information content (AvgIpc) is 2.81. The Morgan fingerprint density at radius 1 is 0.765 bits per heavy atom. The van der Waals surface area contributed by atoms with Crippen LogP contribution >= 0.6 is 0 Å².